The average Bonchev–Trinajstić information content (AvgIpc) is 2.98. The van der Waals surface area contributed by atoms with Crippen molar-refractivity contribution in [3.8, 4) is 0 Å². The van der Waals surface area contributed by atoms with Crippen molar-refractivity contribution in [2.24, 2.45) is 5.41 Å². The van der Waals surface area contributed by atoms with E-state index in [-0.39, 0.29) is 18.6 Å². The number of urea groups is 1. The lowest BCUT2D eigenvalue weighted by Crippen LogP contribution is -2.41. The second kappa shape index (κ2) is 4.95. The maximum Gasteiger partial charge on any atom is 0.318 e. The number of nitrogens with zero attached hydrogens (tertiary/aromatic N) is 1. The van der Waals surface area contributed by atoms with Gasteiger partial charge in [0.1, 0.15) is 5.76 Å². The highest BCUT2D eigenvalue weighted by molar-refractivity contribution is 5.79. The van der Waals surface area contributed by atoms with E-state index in [9.17, 15) is 9.59 Å². The molecule has 104 valence electrons. The van der Waals surface area contributed by atoms with Crippen LogP contribution in [0, 0.1) is 5.41 Å². The van der Waals surface area contributed by atoms with Crippen molar-refractivity contribution in [2.75, 3.05) is 13.1 Å². The minimum Gasteiger partial charge on any atom is -0.481 e. The van der Waals surface area contributed by atoms with Crippen LogP contribution in [0.3, 0.4) is 0 Å². The fraction of sp³-hybridized carbons (Fsp3) is 0.538. The van der Waals surface area contributed by atoms with Crippen molar-refractivity contribution in [3.63, 3.8) is 0 Å². The van der Waals surface area contributed by atoms with E-state index < -0.39 is 11.4 Å². The van der Waals surface area contributed by atoms with Crippen LogP contribution in [0.25, 0.3) is 0 Å². The van der Waals surface area contributed by atoms with Gasteiger partial charge < -0.3 is 19.7 Å². The molecule has 0 bridgehead atoms. The van der Waals surface area contributed by atoms with Crippen LogP contribution < -0.4 is 5.32 Å². The van der Waals surface area contributed by atoms with E-state index in [2.05, 4.69) is 5.32 Å². The van der Waals surface area contributed by atoms with E-state index in [1.807, 2.05) is 6.92 Å². The first-order valence-electron chi connectivity index (χ1n) is 6.24. The van der Waals surface area contributed by atoms with Gasteiger partial charge in [-0.2, -0.15) is 0 Å². The second-order valence-electron chi connectivity index (χ2n) is 5.22. The summed E-state index contributed by atoms with van der Waals surface area (Å²) in [5.41, 5.74) is -0.842. The second-order valence-corrected chi connectivity index (χ2v) is 5.22. The predicted octanol–water partition coefficient (Wildman–Crippen LogP) is 1.85. The maximum absolute atomic E-state index is 12.0. The minimum absolute atomic E-state index is 0.235. The van der Waals surface area contributed by atoms with E-state index >= 15 is 0 Å². The van der Waals surface area contributed by atoms with Crippen molar-refractivity contribution in [2.45, 2.75) is 26.3 Å². The molecule has 6 heteroatoms. The van der Waals surface area contributed by atoms with Gasteiger partial charge in [-0.1, -0.05) is 0 Å². The largest absolute Gasteiger partial charge is 0.481 e. The predicted molar refractivity (Wildman–Crippen MR) is 67.6 cm³/mol. The third-order valence-corrected chi connectivity index (χ3v) is 3.59. The molecule has 6 nitrogen and oxygen atoms in total. The minimum atomic E-state index is -0.859. The first-order chi connectivity index (χ1) is 8.92. The number of aliphatic carboxylic acids is 1. The molecule has 19 heavy (non-hydrogen) atoms. The number of carboxylic acids is 1. The number of likely N-dealkylation sites (tertiary alicyclic amines) is 1. The van der Waals surface area contributed by atoms with Crippen molar-refractivity contribution in [1.82, 2.24) is 10.2 Å². The van der Waals surface area contributed by atoms with E-state index in [1.54, 1.807) is 25.3 Å². The molecule has 2 rings (SSSR count). The number of carbonyl (C=O) groups is 2. The van der Waals surface area contributed by atoms with Crippen LogP contribution in [0.1, 0.15) is 32.1 Å². The first-order valence-corrected chi connectivity index (χ1v) is 6.24. The molecule has 1 aromatic heterocycles. The molecule has 1 aliphatic heterocycles. The van der Waals surface area contributed by atoms with E-state index in [0.29, 0.717) is 18.7 Å². The normalized spacial score (nSPS) is 24.2. The zero-order valence-electron chi connectivity index (χ0n) is 11.0. The molecule has 1 saturated heterocycles. The van der Waals surface area contributed by atoms with Crippen LogP contribution in [-0.4, -0.2) is 35.1 Å². The smallest absolute Gasteiger partial charge is 0.318 e. The van der Waals surface area contributed by atoms with Crippen LogP contribution in [0.4, 0.5) is 4.79 Å². The lowest BCUT2D eigenvalue weighted by Gasteiger charge is -2.22. The molecule has 0 radical (unpaired) electrons. The summed E-state index contributed by atoms with van der Waals surface area (Å²) in [4.78, 5) is 24.7. The summed E-state index contributed by atoms with van der Waals surface area (Å²) in [7, 11) is 0. The molecule has 1 aliphatic rings. The van der Waals surface area contributed by atoms with Crippen LogP contribution in [0.5, 0.6) is 0 Å². The molecule has 0 spiro atoms. The highest BCUT2D eigenvalue weighted by Crippen LogP contribution is 2.30. The monoisotopic (exact) mass is 266 g/mol. The summed E-state index contributed by atoms with van der Waals surface area (Å²) in [5.74, 6) is -0.185. The highest BCUT2D eigenvalue weighted by Gasteiger charge is 2.42. The van der Waals surface area contributed by atoms with Crippen LogP contribution in [-0.2, 0) is 4.79 Å². The number of hydrogen-bond acceptors (Lipinski definition) is 3. The summed E-state index contributed by atoms with van der Waals surface area (Å²) < 4.78 is 5.21. The Labute approximate surface area is 111 Å². The van der Waals surface area contributed by atoms with E-state index in [4.69, 9.17) is 9.52 Å². The Bertz CT molecular complexity index is 471. The SMILES string of the molecule is CC(NC(=O)N1CCC(C)(C(=O)O)C1)c1ccco1. The molecule has 0 saturated carbocycles. The number of nitrogens with one attached hydrogen (secondary N) is 1. The molecule has 1 fully saturated rings. The Hall–Kier alpha value is -1.98. The summed E-state index contributed by atoms with van der Waals surface area (Å²) in [6.45, 7) is 4.18. The summed E-state index contributed by atoms with van der Waals surface area (Å²) in [6.07, 6.45) is 2.03. The van der Waals surface area contributed by atoms with Gasteiger partial charge in [0, 0.05) is 13.1 Å². The Morgan fingerprint density at radius 1 is 1.58 bits per heavy atom. The molecule has 2 atom stereocenters. The zero-order chi connectivity index (χ0) is 14.0. The molecule has 1 aromatic rings. The van der Waals surface area contributed by atoms with Gasteiger partial charge in [0.2, 0.25) is 0 Å². The number of hydrogen-bond donors (Lipinski definition) is 2. The molecule has 2 heterocycles. The van der Waals surface area contributed by atoms with Gasteiger partial charge in [-0.05, 0) is 32.4 Å². The third-order valence-electron chi connectivity index (χ3n) is 3.59. The molecule has 2 N–H and O–H groups in total. The number of carbonyl (C=O) groups excluding carboxylic acids is 1. The highest BCUT2D eigenvalue weighted by atomic mass is 16.4. The Morgan fingerprint density at radius 2 is 2.32 bits per heavy atom. The number of furan rings is 1. The molecular weight excluding hydrogens is 248 g/mol. The van der Waals surface area contributed by atoms with Gasteiger partial charge >= 0.3 is 12.0 Å². The van der Waals surface area contributed by atoms with Gasteiger partial charge in [0.15, 0.2) is 0 Å². The quantitative estimate of drug-likeness (QED) is 0.874. The summed E-state index contributed by atoms with van der Waals surface area (Å²) in [5, 5.41) is 11.9. The van der Waals surface area contributed by atoms with Gasteiger partial charge in [-0.15, -0.1) is 0 Å². The summed E-state index contributed by atoms with van der Waals surface area (Å²) in [6, 6.07) is 3.05. The topological polar surface area (TPSA) is 82.8 Å². The first kappa shape index (κ1) is 13.5. The number of carboxylic acid groups (broad SMARTS) is 1. The zero-order valence-corrected chi connectivity index (χ0v) is 11.0. The lowest BCUT2D eigenvalue weighted by molar-refractivity contribution is -0.147. The fourth-order valence-electron chi connectivity index (χ4n) is 2.19. The fourth-order valence-corrected chi connectivity index (χ4v) is 2.19. The van der Waals surface area contributed by atoms with Crippen molar-refractivity contribution in [3.05, 3.63) is 24.2 Å². The molecule has 0 aliphatic carbocycles. The Morgan fingerprint density at radius 3 is 2.84 bits per heavy atom. The Kier molecular flexibility index (Phi) is 3.50. The van der Waals surface area contributed by atoms with Crippen LogP contribution in [0.2, 0.25) is 0 Å². The van der Waals surface area contributed by atoms with E-state index in [0.717, 1.165) is 0 Å². The number of amides is 2. The van der Waals surface area contributed by atoms with Gasteiger partial charge in [0.05, 0.1) is 17.7 Å². The lowest BCUT2D eigenvalue weighted by atomic mass is 9.90. The number of rotatable bonds is 3. The van der Waals surface area contributed by atoms with Crippen molar-refractivity contribution < 1.29 is 19.1 Å². The molecule has 0 aromatic carbocycles. The average molecular weight is 266 g/mol. The summed E-state index contributed by atoms with van der Waals surface area (Å²) >= 11 is 0. The van der Waals surface area contributed by atoms with Crippen LogP contribution >= 0.6 is 0 Å². The molecule has 2 amide bonds. The Balaban J connectivity index is 1.93. The van der Waals surface area contributed by atoms with Crippen molar-refractivity contribution >= 4 is 12.0 Å². The standard InChI is InChI=1S/C13H18N2O4/c1-9(10-4-3-7-19-10)14-12(18)15-6-5-13(2,8-15)11(16)17/h3-4,7,9H,5-6,8H2,1-2H3,(H,14,18)(H,16,17). The van der Waals surface area contributed by atoms with Gasteiger partial charge in [-0.25, -0.2) is 4.79 Å². The van der Waals surface area contributed by atoms with Gasteiger partial charge in [0.25, 0.3) is 0 Å². The molecule has 2 unspecified atom stereocenters. The molecular formula is C13H18N2O4. The van der Waals surface area contributed by atoms with Gasteiger partial charge in [-0.3, -0.25) is 4.79 Å². The van der Waals surface area contributed by atoms with E-state index in [1.165, 1.54) is 4.90 Å². The maximum atomic E-state index is 12.0. The van der Waals surface area contributed by atoms with Crippen molar-refractivity contribution in [1.29, 1.82) is 0 Å². The van der Waals surface area contributed by atoms with Crippen LogP contribution in [0.15, 0.2) is 22.8 Å². The third kappa shape index (κ3) is 2.72.